The number of pyridine rings is 2. The Balaban J connectivity index is 1.07. The molecule has 1 fully saturated rings. The molecular weight excluding hydrogens is 737 g/mol. The molecule has 3 heterocycles. The number of aromatic nitrogens is 2. The van der Waals surface area contributed by atoms with Crippen molar-refractivity contribution in [2.24, 2.45) is 5.73 Å². The fourth-order valence-electron chi connectivity index (χ4n) is 7.11. The number of piperidine rings is 1. The number of carbonyl (C=O) groups excluding carboxylic acids is 2. The molecular formula is C41H40N6O8S. The van der Waals surface area contributed by atoms with Crippen molar-refractivity contribution in [2.45, 2.75) is 41.7 Å². The molecule has 1 aliphatic heterocycles. The average molecular weight is 777 g/mol. The number of aromatic hydroxyl groups is 1. The third-order valence-corrected chi connectivity index (χ3v) is 11.8. The van der Waals surface area contributed by atoms with Crippen LogP contribution in [0.25, 0.3) is 21.8 Å². The van der Waals surface area contributed by atoms with E-state index in [0.717, 1.165) is 0 Å². The second-order valence-electron chi connectivity index (χ2n) is 13.7. The monoisotopic (exact) mass is 776 g/mol. The Bertz CT molecular complexity index is 2670. The van der Waals surface area contributed by atoms with Gasteiger partial charge in [0.05, 0.1) is 45.3 Å². The molecule has 288 valence electrons. The normalized spacial score (nSPS) is 14.2. The number of fused-ring (bicyclic) bond motifs is 2. The molecule has 14 nitrogen and oxygen atoms in total. The van der Waals surface area contributed by atoms with E-state index in [0.29, 0.717) is 70.5 Å². The van der Waals surface area contributed by atoms with Gasteiger partial charge in [-0.05, 0) is 85.5 Å². The SMILES string of the molecule is COc1cccc(Nc2c(C(N)=O)cnc3c(C)cc(S(=O)(=O)c4cccc(C(=O)N5CCC(NC[C@H](O)c6ccc(O)c7[nH]c(=O)ccc67)CC5)c4)cc23)c1. The van der Waals surface area contributed by atoms with Crippen molar-refractivity contribution in [1.29, 1.82) is 0 Å². The first-order valence-corrected chi connectivity index (χ1v) is 19.4. The number of phenols is 1. The van der Waals surface area contributed by atoms with Crippen LogP contribution in [0.4, 0.5) is 11.4 Å². The van der Waals surface area contributed by atoms with Gasteiger partial charge in [0, 0.05) is 66.0 Å². The van der Waals surface area contributed by atoms with Crippen molar-refractivity contribution in [3.63, 3.8) is 0 Å². The van der Waals surface area contributed by atoms with Crippen LogP contribution in [-0.2, 0) is 9.84 Å². The number of amides is 2. The number of aliphatic hydroxyl groups excluding tert-OH is 1. The molecule has 7 N–H and O–H groups in total. The van der Waals surface area contributed by atoms with Crippen LogP contribution in [0.5, 0.6) is 11.5 Å². The lowest BCUT2D eigenvalue weighted by Crippen LogP contribution is -2.45. The average Bonchev–Trinajstić information content (AvgIpc) is 3.20. The molecule has 0 spiro atoms. The van der Waals surface area contributed by atoms with Crippen LogP contribution in [0.15, 0.2) is 106 Å². The number of carbonyl (C=O) groups is 2. The van der Waals surface area contributed by atoms with Crippen molar-refractivity contribution >= 4 is 54.8 Å². The summed E-state index contributed by atoms with van der Waals surface area (Å²) in [6, 6.07) is 21.9. The number of nitrogens with two attached hydrogens (primary N) is 1. The number of nitrogens with one attached hydrogen (secondary N) is 3. The number of aliphatic hydroxyl groups is 1. The third kappa shape index (κ3) is 7.51. The van der Waals surface area contributed by atoms with Gasteiger partial charge >= 0.3 is 0 Å². The maximum absolute atomic E-state index is 14.2. The van der Waals surface area contributed by atoms with Crippen LogP contribution in [0.1, 0.15) is 50.8 Å². The first kappa shape index (κ1) is 38.0. The molecule has 0 saturated carbocycles. The number of ether oxygens (including phenoxy) is 1. The van der Waals surface area contributed by atoms with E-state index in [1.165, 1.54) is 55.8 Å². The number of sulfone groups is 1. The number of benzene rings is 4. The van der Waals surface area contributed by atoms with Gasteiger partial charge in [-0.25, -0.2) is 8.42 Å². The molecule has 2 aromatic heterocycles. The molecule has 56 heavy (non-hydrogen) atoms. The minimum atomic E-state index is -4.17. The van der Waals surface area contributed by atoms with Gasteiger partial charge in [0.2, 0.25) is 15.4 Å². The molecule has 1 atom stereocenters. The lowest BCUT2D eigenvalue weighted by molar-refractivity contribution is 0.0697. The second-order valence-corrected chi connectivity index (χ2v) is 15.7. The van der Waals surface area contributed by atoms with Crippen molar-refractivity contribution in [1.82, 2.24) is 20.2 Å². The van der Waals surface area contributed by atoms with Gasteiger partial charge in [-0.1, -0.05) is 18.2 Å². The summed E-state index contributed by atoms with van der Waals surface area (Å²) in [5.41, 5.74) is 8.37. The van der Waals surface area contributed by atoms with Crippen LogP contribution < -0.4 is 26.7 Å². The summed E-state index contributed by atoms with van der Waals surface area (Å²) in [5, 5.41) is 28.6. The second kappa shape index (κ2) is 15.5. The minimum absolute atomic E-state index is 0.00705. The third-order valence-electron chi connectivity index (χ3n) is 10.1. The van der Waals surface area contributed by atoms with E-state index in [1.807, 2.05) is 0 Å². The van der Waals surface area contributed by atoms with Gasteiger partial charge in [0.25, 0.3) is 11.8 Å². The highest BCUT2D eigenvalue weighted by Gasteiger charge is 2.27. The summed E-state index contributed by atoms with van der Waals surface area (Å²) in [6.07, 6.45) is 1.64. The van der Waals surface area contributed by atoms with E-state index in [4.69, 9.17) is 10.5 Å². The molecule has 0 bridgehead atoms. The van der Waals surface area contributed by atoms with Crippen LogP contribution in [0, 0.1) is 6.92 Å². The number of nitrogens with zero attached hydrogens (tertiary/aromatic N) is 2. The molecule has 7 rings (SSSR count). The first-order valence-electron chi connectivity index (χ1n) is 17.9. The zero-order chi connectivity index (χ0) is 39.7. The fraction of sp³-hybridized carbons (Fsp3) is 0.220. The molecule has 0 unspecified atom stereocenters. The molecule has 2 amide bonds. The Labute approximate surface area is 321 Å². The Morgan fingerprint density at radius 2 is 1.77 bits per heavy atom. The van der Waals surface area contributed by atoms with Crippen LogP contribution >= 0.6 is 0 Å². The summed E-state index contributed by atoms with van der Waals surface area (Å²) in [5.74, 6) is -0.571. The zero-order valence-electron chi connectivity index (χ0n) is 30.6. The van der Waals surface area contributed by atoms with Crippen LogP contribution in [0.3, 0.4) is 0 Å². The standard InChI is InChI=1S/C41H40N6O8S/c1-23-17-29(20-32-37(23)44-21-33(40(42)51)38(32)45-26-6-4-7-27(19-26)55-2)56(53,54)28-8-3-5-24(18-28)41(52)47-15-13-25(14-16-47)43-22-35(49)30-9-11-34(48)39-31(30)10-12-36(50)46-39/h3-12,17-21,25,35,43,48-49H,13-16,22H2,1-2H3,(H2,42,51)(H,44,45)(H,46,50)/t35-/m0/s1. The number of methoxy groups -OCH3 is 1. The number of aromatic amines is 1. The highest BCUT2D eigenvalue weighted by molar-refractivity contribution is 7.91. The molecule has 0 radical (unpaired) electrons. The summed E-state index contributed by atoms with van der Waals surface area (Å²) < 4.78 is 33.7. The van der Waals surface area contributed by atoms with Gasteiger partial charge < -0.3 is 41.2 Å². The van der Waals surface area contributed by atoms with Crippen LogP contribution in [-0.4, -0.2) is 78.1 Å². The number of H-pyrrole nitrogens is 1. The predicted molar refractivity (Wildman–Crippen MR) is 211 cm³/mol. The van der Waals surface area contributed by atoms with E-state index >= 15 is 0 Å². The van der Waals surface area contributed by atoms with Crippen molar-refractivity contribution in [2.75, 3.05) is 32.1 Å². The summed E-state index contributed by atoms with van der Waals surface area (Å²) in [4.78, 5) is 46.6. The molecule has 4 aromatic carbocycles. The number of aryl methyl sites for hydroxylation is 1. The maximum Gasteiger partial charge on any atom is 0.253 e. The Hall–Kier alpha value is -6.29. The number of anilines is 2. The molecule has 0 aliphatic carbocycles. The number of rotatable bonds is 11. The Kier molecular flexibility index (Phi) is 10.5. The number of phenolic OH excluding ortho intramolecular Hbond substituents is 1. The van der Waals surface area contributed by atoms with Gasteiger partial charge in [0.15, 0.2) is 0 Å². The van der Waals surface area contributed by atoms with E-state index in [1.54, 1.807) is 54.3 Å². The molecule has 1 aliphatic rings. The summed E-state index contributed by atoms with van der Waals surface area (Å²) in [6.45, 7) is 2.76. The minimum Gasteiger partial charge on any atom is -0.506 e. The van der Waals surface area contributed by atoms with E-state index < -0.39 is 21.8 Å². The number of hydrogen-bond acceptors (Lipinski definition) is 11. The lowest BCUT2D eigenvalue weighted by atomic mass is 10.0. The number of primary amides is 1. The molecule has 1 saturated heterocycles. The van der Waals surface area contributed by atoms with Gasteiger partial charge in [0.1, 0.15) is 11.5 Å². The van der Waals surface area contributed by atoms with Crippen molar-refractivity contribution in [3.05, 3.63) is 124 Å². The summed E-state index contributed by atoms with van der Waals surface area (Å²) >= 11 is 0. The topological polar surface area (TPSA) is 217 Å². The van der Waals surface area contributed by atoms with Crippen molar-refractivity contribution in [3.8, 4) is 11.5 Å². The summed E-state index contributed by atoms with van der Waals surface area (Å²) in [7, 11) is -2.63. The van der Waals surface area contributed by atoms with E-state index in [-0.39, 0.29) is 56.2 Å². The maximum atomic E-state index is 14.2. The largest absolute Gasteiger partial charge is 0.506 e. The predicted octanol–water partition coefficient (Wildman–Crippen LogP) is 4.70. The van der Waals surface area contributed by atoms with E-state index in [2.05, 4.69) is 20.6 Å². The number of likely N-dealkylation sites (tertiary alicyclic amines) is 1. The highest BCUT2D eigenvalue weighted by atomic mass is 32.2. The molecule has 6 aromatic rings. The quantitative estimate of drug-likeness (QED) is 0.106. The zero-order valence-corrected chi connectivity index (χ0v) is 31.4. The fourth-order valence-corrected chi connectivity index (χ4v) is 8.53. The van der Waals surface area contributed by atoms with Gasteiger partial charge in [-0.2, -0.15) is 0 Å². The van der Waals surface area contributed by atoms with Crippen molar-refractivity contribution < 1.29 is 33.0 Å². The lowest BCUT2D eigenvalue weighted by Gasteiger charge is -2.33. The molecule has 15 heteroatoms. The smallest absolute Gasteiger partial charge is 0.253 e. The van der Waals surface area contributed by atoms with Gasteiger partial charge in [-0.3, -0.25) is 19.4 Å². The first-order chi connectivity index (χ1) is 26.8. The Morgan fingerprint density at radius 3 is 2.52 bits per heavy atom. The van der Waals surface area contributed by atoms with E-state index in [9.17, 15) is 33.0 Å². The van der Waals surface area contributed by atoms with Crippen LogP contribution in [0.2, 0.25) is 0 Å². The highest BCUT2D eigenvalue weighted by Crippen LogP contribution is 2.35. The Morgan fingerprint density at radius 1 is 1.00 bits per heavy atom. The number of hydrogen-bond donors (Lipinski definition) is 6. The van der Waals surface area contributed by atoms with Gasteiger partial charge in [-0.15, -0.1) is 0 Å².